The van der Waals surface area contributed by atoms with E-state index in [4.69, 9.17) is 9.15 Å². The highest BCUT2D eigenvalue weighted by Crippen LogP contribution is 2.47. The van der Waals surface area contributed by atoms with E-state index in [1.165, 1.54) is 38.6 Å². The topological polar surface area (TPSA) is 22.4 Å². The molecule has 0 fully saturated rings. The fourth-order valence-corrected chi connectivity index (χ4v) is 4.55. The van der Waals surface area contributed by atoms with Crippen LogP contribution in [-0.4, -0.2) is 0 Å². The Bertz CT molecular complexity index is 1330. The molecule has 2 nitrogen and oxygen atoms in total. The lowest BCUT2D eigenvalue weighted by molar-refractivity contribution is 0.419. The predicted molar refractivity (Wildman–Crippen MR) is 114 cm³/mol. The Balaban J connectivity index is 1.50. The second kappa shape index (κ2) is 5.62. The molecule has 0 bridgehead atoms. The Hall–Kier alpha value is -3.26. The monoisotopic (exact) mass is 364 g/mol. The lowest BCUT2D eigenvalue weighted by Crippen LogP contribution is -2.03. The molecule has 1 atom stereocenters. The summed E-state index contributed by atoms with van der Waals surface area (Å²) in [6.45, 7) is 4.25. The summed E-state index contributed by atoms with van der Waals surface area (Å²) in [5.41, 5.74) is 8.08. The van der Waals surface area contributed by atoms with Crippen LogP contribution in [0.2, 0.25) is 0 Å². The van der Waals surface area contributed by atoms with E-state index in [1.807, 2.05) is 0 Å². The molecule has 2 aliphatic rings. The van der Waals surface area contributed by atoms with Crippen LogP contribution in [-0.2, 0) is 0 Å². The Morgan fingerprint density at radius 2 is 1.57 bits per heavy atom. The van der Waals surface area contributed by atoms with Crippen LogP contribution in [0.1, 0.15) is 30.4 Å². The van der Waals surface area contributed by atoms with Crippen LogP contribution in [0.5, 0.6) is 5.75 Å². The van der Waals surface area contributed by atoms with Crippen LogP contribution < -0.4 is 4.74 Å². The Morgan fingerprint density at radius 1 is 0.821 bits per heavy atom. The van der Waals surface area contributed by atoms with Crippen molar-refractivity contribution < 1.29 is 9.15 Å². The van der Waals surface area contributed by atoms with Gasteiger partial charge in [0, 0.05) is 22.3 Å². The molecule has 1 aliphatic carbocycles. The molecule has 6 rings (SSSR count). The number of ether oxygens (including phenoxy) is 1. The summed E-state index contributed by atoms with van der Waals surface area (Å²) >= 11 is 0. The van der Waals surface area contributed by atoms with E-state index in [0.717, 1.165) is 29.1 Å². The van der Waals surface area contributed by atoms with Crippen LogP contribution in [0, 0.1) is 6.92 Å². The van der Waals surface area contributed by atoms with Gasteiger partial charge in [-0.05, 0) is 73.4 Å². The average molecular weight is 364 g/mol. The predicted octanol–water partition coefficient (Wildman–Crippen LogP) is 7.27. The number of rotatable bonds is 1. The molecule has 136 valence electrons. The van der Waals surface area contributed by atoms with Crippen molar-refractivity contribution >= 4 is 21.9 Å². The maximum Gasteiger partial charge on any atom is 0.135 e. The van der Waals surface area contributed by atoms with Gasteiger partial charge in [-0.15, -0.1) is 0 Å². The summed E-state index contributed by atoms with van der Waals surface area (Å²) in [7, 11) is 0. The molecule has 1 aliphatic heterocycles. The minimum atomic E-state index is 0.348. The van der Waals surface area contributed by atoms with E-state index in [9.17, 15) is 0 Å². The maximum atomic E-state index is 6.16. The summed E-state index contributed by atoms with van der Waals surface area (Å²) in [4.78, 5) is 0. The van der Waals surface area contributed by atoms with Crippen LogP contribution >= 0.6 is 0 Å². The fraction of sp³-hybridized carbons (Fsp3) is 0.154. The molecule has 28 heavy (non-hydrogen) atoms. The number of fused-ring (bicyclic) bond motifs is 6. The lowest BCUT2D eigenvalue weighted by atomic mass is 9.88. The van der Waals surface area contributed by atoms with Crippen molar-refractivity contribution in [3.63, 3.8) is 0 Å². The van der Waals surface area contributed by atoms with Gasteiger partial charge in [0.15, 0.2) is 0 Å². The quantitative estimate of drug-likeness (QED) is 0.354. The Labute approximate surface area is 163 Å². The molecule has 0 N–H and O–H groups in total. The minimum absolute atomic E-state index is 0.348. The van der Waals surface area contributed by atoms with Gasteiger partial charge >= 0.3 is 0 Å². The number of furan rings is 1. The zero-order valence-corrected chi connectivity index (χ0v) is 16.0. The number of allylic oxidation sites excluding steroid dienone is 4. The van der Waals surface area contributed by atoms with Gasteiger partial charge in [-0.3, -0.25) is 0 Å². The van der Waals surface area contributed by atoms with Crippen molar-refractivity contribution in [1.29, 1.82) is 0 Å². The van der Waals surface area contributed by atoms with Crippen molar-refractivity contribution in [1.82, 2.24) is 0 Å². The van der Waals surface area contributed by atoms with Gasteiger partial charge in [0.2, 0.25) is 0 Å². The summed E-state index contributed by atoms with van der Waals surface area (Å²) in [5, 5.41) is 2.35. The third-order valence-electron chi connectivity index (χ3n) is 6.01. The van der Waals surface area contributed by atoms with E-state index >= 15 is 0 Å². The number of aryl methyl sites for hydroxylation is 1. The highest BCUT2D eigenvalue weighted by molar-refractivity contribution is 6.06. The molecule has 0 saturated heterocycles. The molecule has 1 unspecified atom stereocenters. The van der Waals surface area contributed by atoms with Crippen molar-refractivity contribution in [2.24, 2.45) is 0 Å². The molecule has 3 aromatic carbocycles. The second-order valence-electron chi connectivity index (χ2n) is 7.91. The molecule has 2 heterocycles. The fourth-order valence-electron chi connectivity index (χ4n) is 4.55. The zero-order chi connectivity index (χ0) is 18.8. The largest absolute Gasteiger partial charge is 0.460 e. The third-order valence-corrected chi connectivity index (χ3v) is 6.01. The Morgan fingerprint density at radius 3 is 2.46 bits per heavy atom. The summed E-state index contributed by atoms with van der Waals surface area (Å²) < 4.78 is 12.2. The van der Waals surface area contributed by atoms with Crippen LogP contribution in [0.4, 0.5) is 0 Å². The molecular formula is C26H20O2. The second-order valence-corrected chi connectivity index (χ2v) is 7.91. The van der Waals surface area contributed by atoms with E-state index in [1.54, 1.807) is 0 Å². The molecule has 2 heteroatoms. The van der Waals surface area contributed by atoms with E-state index < -0.39 is 0 Å². The van der Waals surface area contributed by atoms with E-state index in [2.05, 4.69) is 80.6 Å². The standard InChI is InChI=1S/C26H20O2/c1-15-6-9-23-20(12-15)22-14-18(7-10-24(22)27-23)17-8-11-25-21(13-17)19-5-3-4-16(2)26(19)28-25/h3-4,6-14,19H,5H2,1-2H3. The molecular weight excluding hydrogens is 344 g/mol. The maximum absolute atomic E-state index is 6.16. The van der Waals surface area contributed by atoms with Crippen molar-refractivity contribution in [2.75, 3.05) is 0 Å². The van der Waals surface area contributed by atoms with Crippen molar-refractivity contribution in [3.05, 3.63) is 89.2 Å². The molecule has 0 saturated carbocycles. The third kappa shape index (κ3) is 2.21. The highest BCUT2D eigenvalue weighted by atomic mass is 16.5. The average Bonchev–Trinajstić information content (AvgIpc) is 3.26. The normalized spacial score (nSPS) is 17.9. The van der Waals surface area contributed by atoms with Gasteiger partial charge in [-0.1, -0.05) is 35.9 Å². The van der Waals surface area contributed by atoms with Crippen LogP contribution in [0.3, 0.4) is 0 Å². The molecule has 0 spiro atoms. The Kier molecular flexibility index (Phi) is 3.16. The molecule has 1 aromatic heterocycles. The number of hydrogen-bond donors (Lipinski definition) is 0. The van der Waals surface area contributed by atoms with Gasteiger partial charge in [0.1, 0.15) is 22.7 Å². The molecule has 0 radical (unpaired) electrons. The summed E-state index contributed by atoms with van der Waals surface area (Å²) in [6, 6.07) is 19.4. The first-order chi connectivity index (χ1) is 13.7. The van der Waals surface area contributed by atoms with Crippen LogP contribution in [0.15, 0.2) is 82.5 Å². The summed E-state index contributed by atoms with van der Waals surface area (Å²) in [6.07, 6.45) is 5.42. The van der Waals surface area contributed by atoms with Gasteiger partial charge < -0.3 is 9.15 Å². The van der Waals surface area contributed by atoms with Gasteiger partial charge in [0.25, 0.3) is 0 Å². The van der Waals surface area contributed by atoms with Gasteiger partial charge in [-0.25, -0.2) is 0 Å². The van der Waals surface area contributed by atoms with Crippen LogP contribution in [0.25, 0.3) is 33.1 Å². The van der Waals surface area contributed by atoms with E-state index in [-0.39, 0.29) is 0 Å². The smallest absolute Gasteiger partial charge is 0.135 e. The highest BCUT2D eigenvalue weighted by Gasteiger charge is 2.31. The SMILES string of the molecule is CC1=C2Oc3ccc(-c4ccc5oc6ccc(C)cc6c5c4)cc3C2CC=C1. The lowest BCUT2D eigenvalue weighted by Gasteiger charge is -2.15. The zero-order valence-electron chi connectivity index (χ0n) is 16.0. The molecule has 4 aromatic rings. The number of hydrogen-bond acceptors (Lipinski definition) is 2. The number of benzene rings is 3. The van der Waals surface area contributed by atoms with Gasteiger partial charge in [0.05, 0.1) is 0 Å². The van der Waals surface area contributed by atoms with E-state index in [0.29, 0.717) is 5.92 Å². The van der Waals surface area contributed by atoms with Crippen molar-refractivity contribution in [3.8, 4) is 16.9 Å². The first kappa shape index (κ1) is 15.8. The minimum Gasteiger partial charge on any atom is -0.460 e. The molecule has 0 amide bonds. The van der Waals surface area contributed by atoms with Gasteiger partial charge in [-0.2, -0.15) is 0 Å². The van der Waals surface area contributed by atoms with Crippen molar-refractivity contribution in [2.45, 2.75) is 26.2 Å². The first-order valence-electron chi connectivity index (χ1n) is 9.80. The summed E-state index contributed by atoms with van der Waals surface area (Å²) in [5.74, 6) is 2.46. The first-order valence-corrected chi connectivity index (χ1v) is 9.80.